The minimum Gasteiger partial charge on any atom is -0.330 e. The van der Waals surface area contributed by atoms with E-state index in [9.17, 15) is 0 Å². The van der Waals surface area contributed by atoms with E-state index in [-0.39, 0.29) is 18.4 Å². The number of nitrogens with two attached hydrogens (primary N) is 2. The molecule has 0 fully saturated rings. The summed E-state index contributed by atoms with van der Waals surface area (Å²) >= 11 is 0. The highest BCUT2D eigenvalue weighted by atomic mass is 35.5. The average Bonchev–Trinajstić information content (AvgIpc) is 2.29. The molecular formula is C12H18ClN3. The van der Waals surface area contributed by atoms with Gasteiger partial charge < -0.3 is 11.5 Å². The molecule has 0 amide bonds. The second-order valence-corrected chi connectivity index (χ2v) is 3.62. The van der Waals surface area contributed by atoms with Gasteiger partial charge in [0.1, 0.15) is 0 Å². The molecule has 0 heterocycles. The Morgan fingerprint density at radius 1 is 1.19 bits per heavy atom. The van der Waals surface area contributed by atoms with Gasteiger partial charge in [0.15, 0.2) is 0 Å². The van der Waals surface area contributed by atoms with Crippen LogP contribution in [0.25, 0.3) is 0 Å². The Bertz CT molecular complexity index is 329. The number of benzene rings is 1. The fourth-order valence-corrected chi connectivity index (χ4v) is 1.48. The highest BCUT2D eigenvalue weighted by molar-refractivity contribution is 5.85. The number of nitrogens with zero attached hydrogens (tertiary/aromatic N) is 1. The van der Waals surface area contributed by atoms with Crippen LogP contribution in [0.4, 0.5) is 0 Å². The van der Waals surface area contributed by atoms with Crippen LogP contribution >= 0.6 is 12.4 Å². The van der Waals surface area contributed by atoms with Crippen molar-refractivity contribution in [2.24, 2.45) is 11.5 Å². The first-order valence-electron chi connectivity index (χ1n) is 5.23. The maximum Gasteiger partial charge on any atom is 0.0991 e. The molecule has 0 aromatic heterocycles. The maximum atomic E-state index is 8.65. The predicted molar refractivity (Wildman–Crippen MR) is 68.2 cm³/mol. The van der Waals surface area contributed by atoms with Gasteiger partial charge in [-0.2, -0.15) is 5.26 Å². The molecule has 0 saturated carbocycles. The fourth-order valence-electron chi connectivity index (χ4n) is 1.48. The molecule has 0 radical (unpaired) electrons. The quantitative estimate of drug-likeness (QED) is 0.773. The molecule has 4 N–H and O–H groups in total. The van der Waals surface area contributed by atoms with Crippen molar-refractivity contribution in [2.75, 3.05) is 6.54 Å². The van der Waals surface area contributed by atoms with Gasteiger partial charge in [-0.1, -0.05) is 18.6 Å². The van der Waals surface area contributed by atoms with Crippen molar-refractivity contribution in [3.8, 4) is 6.07 Å². The smallest absolute Gasteiger partial charge is 0.0991 e. The van der Waals surface area contributed by atoms with E-state index in [2.05, 4.69) is 6.07 Å². The highest BCUT2D eigenvalue weighted by Gasteiger charge is 2.04. The molecule has 16 heavy (non-hydrogen) atoms. The number of halogens is 1. The molecule has 0 bridgehead atoms. The number of hydrogen-bond acceptors (Lipinski definition) is 3. The molecule has 4 heteroatoms. The molecule has 0 unspecified atom stereocenters. The van der Waals surface area contributed by atoms with Crippen molar-refractivity contribution in [3.05, 3.63) is 35.4 Å². The second-order valence-electron chi connectivity index (χ2n) is 3.62. The molecule has 1 aromatic carbocycles. The normalized spacial score (nSPS) is 11.3. The van der Waals surface area contributed by atoms with Crippen molar-refractivity contribution in [3.63, 3.8) is 0 Å². The Balaban J connectivity index is 0.00000225. The Hall–Kier alpha value is -1.08. The van der Waals surface area contributed by atoms with Gasteiger partial charge in [0.25, 0.3) is 0 Å². The van der Waals surface area contributed by atoms with Gasteiger partial charge in [0.05, 0.1) is 11.6 Å². The summed E-state index contributed by atoms with van der Waals surface area (Å²) in [4.78, 5) is 0. The van der Waals surface area contributed by atoms with Crippen LogP contribution in [0.3, 0.4) is 0 Å². The first-order valence-corrected chi connectivity index (χ1v) is 5.23. The van der Waals surface area contributed by atoms with Gasteiger partial charge in [0.2, 0.25) is 0 Å². The summed E-state index contributed by atoms with van der Waals surface area (Å²) in [6, 6.07) is 9.60. The molecular weight excluding hydrogens is 222 g/mol. The number of rotatable bonds is 5. The Morgan fingerprint density at radius 3 is 2.31 bits per heavy atom. The second kappa shape index (κ2) is 8.12. The van der Waals surface area contributed by atoms with E-state index >= 15 is 0 Å². The number of unbranched alkanes of at least 4 members (excludes halogenated alkanes) is 1. The minimum absolute atomic E-state index is 0. The van der Waals surface area contributed by atoms with Gasteiger partial charge in [0, 0.05) is 6.04 Å². The van der Waals surface area contributed by atoms with E-state index in [1.165, 1.54) is 0 Å². The van der Waals surface area contributed by atoms with Crippen LogP contribution in [-0.4, -0.2) is 6.54 Å². The van der Waals surface area contributed by atoms with Gasteiger partial charge in [-0.15, -0.1) is 12.4 Å². The van der Waals surface area contributed by atoms with E-state index in [0.717, 1.165) is 31.4 Å². The highest BCUT2D eigenvalue weighted by Crippen LogP contribution is 2.16. The summed E-state index contributed by atoms with van der Waals surface area (Å²) < 4.78 is 0. The molecule has 1 aromatic rings. The van der Waals surface area contributed by atoms with E-state index in [1.54, 1.807) is 12.1 Å². The van der Waals surface area contributed by atoms with Crippen molar-refractivity contribution in [1.82, 2.24) is 0 Å². The summed E-state index contributed by atoms with van der Waals surface area (Å²) in [5.74, 6) is 0. The lowest BCUT2D eigenvalue weighted by Crippen LogP contribution is -2.11. The summed E-state index contributed by atoms with van der Waals surface area (Å²) in [5.41, 5.74) is 13.2. The third-order valence-corrected chi connectivity index (χ3v) is 2.44. The van der Waals surface area contributed by atoms with Crippen molar-refractivity contribution in [2.45, 2.75) is 25.3 Å². The van der Waals surface area contributed by atoms with Crippen LogP contribution < -0.4 is 11.5 Å². The molecule has 1 atom stereocenters. The molecule has 0 saturated heterocycles. The molecule has 0 spiro atoms. The lowest BCUT2D eigenvalue weighted by molar-refractivity contribution is 0.591. The Kier molecular flexibility index (Phi) is 7.57. The molecule has 0 aliphatic rings. The summed E-state index contributed by atoms with van der Waals surface area (Å²) in [7, 11) is 0. The topological polar surface area (TPSA) is 75.8 Å². The third kappa shape index (κ3) is 4.63. The van der Waals surface area contributed by atoms with Crippen LogP contribution in [0.5, 0.6) is 0 Å². The first kappa shape index (κ1) is 14.9. The van der Waals surface area contributed by atoms with Gasteiger partial charge in [-0.05, 0) is 37.1 Å². The van der Waals surface area contributed by atoms with Gasteiger partial charge in [-0.3, -0.25) is 0 Å². The van der Waals surface area contributed by atoms with Crippen LogP contribution in [-0.2, 0) is 0 Å². The summed E-state index contributed by atoms with van der Waals surface area (Å²) in [6.45, 7) is 0.722. The van der Waals surface area contributed by atoms with Gasteiger partial charge >= 0.3 is 0 Å². The SMILES string of the molecule is Cl.N#Cc1ccc([C@@H](N)CCCCN)cc1. The Labute approximate surface area is 103 Å². The minimum atomic E-state index is 0. The summed E-state index contributed by atoms with van der Waals surface area (Å²) in [5, 5.41) is 8.65. The zero-order valence-corrected chi connectivity index (χ0v) is 10.0. The monoisotopic (exact) mass is 239 g/mol. The van der Waals surface area contributed by atoms with Crippen molar-refractivity contribution < 1.29 is 0 Å². The molecule has 3 nitrogen and oxygen atoms in total. The first-order chi connectivity index (χ1) is 7.27. The fraction of sp³-hybridized carbons (Fsp3) is 0.417. The average molecular weight is 240 g/mol. The van der Waals surface area contributed by atoms with Crippen LogP contribution in [0, 0.1) is 11.3 Å². The summed E-state index contributed by atoms with van der Waals surface area (Å²) in [6.07, 6.45) is 3.02. The lowest BCUT2D eigenvalue weighted by Gasteiger charge is -2.11. The standard InChI is InChI=1S/C12H17N3.ClH/c13-8-2-1-3-12(15)11-6-4-10(9-14)5-7-11;/h4-7,12H,1-3,8,13,15H2;1H/t12-;/m0./s1. The zero-order valence-electron chi connectivity index (χ0n) is 9.23. The van der Waals surface area contributed by atoms with E-state index < -0.39 is 0 Å². The molecule has 88 valence electrons. The molecule has 0 aliphatic carbocycles. The predicted octanol–water partition coefficient (Wildman–Crippen LogP) is 2.11. The van der Waals surface area contributed by atoms with Crippen LogP contribution in [0.15, 0.2) is 24.3 Å². The van der Waals surface area contributed by atoms with Crippen LogP contribution in [0.1, 0.15) is 36.4 Å². The van der Waals surface area contributed by atoms with E-state index in [4.69, 9.17) is 16.7 Å². The molecule has 0 aliphatic heterocycles. The van der Waals surface area contributed by atoms with E-state index in [0.29, 0.717) is 5.56 Å². The maximum absolute atomic E-state index is 8.65. The zero-order chi connectivity index (χ0) is 11.1. The number of hydrogen-bond donors (Lipinski definition) is 2. The Morgan fingerprint density at radius 2 is 1.81 bits per heavy atom. The van der Waals surface area contributed by atoms with E-state index in [1.807, 2.05) is 12.1 Å². The molecule has 1 rings (SSSR count). The largest absolute Gasteiger partial charge is 0.330 e. The van der Waals surface area contributed by atoms with Crippen molar-refractivity contribution in [1.29, 1.82) is 5.26 Å². The number of nitriles is 1. The van der Waals surface area contributed by atoms with Crippen LogP contribution in [0.2, 0.25) is 0 Å². The third-order valence-electron chi connectivity index (χ3n) is 2.44. The lowest BCUT2D eigenvalue weighted by atomic mass is 10.0. The van der Waals surface area contributed by atoms with Crippen molar-refractivity contribution >= 4 is 12.4 Å². The van der Waals surface area contributed by atoms with Gasteiger partial charge in [-0.25, -0.2) is 0 Å².